The van der Waals surface area contributed by atoms with Gasteiger partial charge in [-0.15, -0.1) is 0 Å². The maximum absolute atomic E-state index is 12.8. The smallest absolute Gasteiger partial charge is 0.257 e. The number of hydrogen-bond acceptors (Lipinski definition) is 5. The van der Waals surface area contributed by atoms with Crippen molar-refractivity contribution in [2.45, 2.75) is 43.6 Å². The van der Waals surface area contributed by atoms with Crippen LogP contribution in [-0.2, 0) is 14.8 Å². The third kappa shape index (κ3) is 6.59. The van der Waals surface area contributed by atoms with E-state index in [-0.39, 0.29) is 33.2 Å². The van der Waals surface area contributed by atoms with E-state index in [4.69, 9.17) is 32.7 Å². The van der Waals surface area contributed by atoms with Crippen molar-refractivity contribution in [2.75, 3.05) is 25.1 Å². The van der Waals surface area contributed by atoms with Crippen LogP contribution in [0.25, 0.3) is 0 Å². The van der Waals surface area contributed by atoms with Crippen LogP contribution in [0.2, 0.25) is 10.0 Å². The van der Waals surface area contributed by atoms with Crippen molar-refractivity contribution in [1.82, 2.24) is 4.72 Å². The summed E-state index contributed by atoms with van der Waals surface area (Å²) in [5.41, 5.74) is 0.515. The Kier molecular flexibility index (Phi) is 8.79. The zero-order valence-corrected chi connectivity index (χ0v) is 20.0. The second-order valence-electron chi connectivity index (χ2n) is 7.43. The van der Waals surface area contributed by atoms with E-state index in [2.05, 4.69) is 17.0 Å². The molecule has 0 bridgehead atoms. The van der Waals surface area contributed by atoms with E-state index < -0.39 is 15.9 Å². The van der Waals surface area contributed by atoms with Gasteiger partial charge in [0.15, 0.2) is 0 Å². The average Bonchev–Trinajstić information content (AvgIpc) is 3.27. The molecule has 2 aromatic carbocycles. The average molecular weight is 501 g/mol. The summed E-state index contributed by atoms with van der Waals surface area (Å²) in [5.74, 6) is 0.147. The van der Waals surface area contributed by atoms with Crippen LogP contribution >= 0.6 is 23.2 Å². The molecule has 0 aliphatic carbocycles. The van der Waals surface area contributed by atoms with Gasteiger partial charge in [-0.25, -0.2) is 13.1 Å². The third-order valence-corrected chi connectivity index (χ3v) is 7.16. The van der Waals surface area contributed by atoms with Gasteiger partial charge in [-0.1, -0.05) is 36.5 Å². The van der Waals surface area contributed by atoms with Gasteiger partial charge in [0.1, 0.15) is 10.6 Å². The molecule has 0 spiro atoms. The van der Waals surface area contributed by atoms with Crippen molar-refractivity contribution in [3.63, 3.8) is 0 Å². The highest BCUT2D eigenvalue weighted by molar-refractivity contribution is 7.89. The van der Waals surface area contributed by atoms with Crippen molar-refractivity contribution in [2.24, 2.45) is 0 Å². The Labute approximate surface area is 198 Å². The Morgan fingerprint density at radius 3 is 2.59 bits per heavy atom. The largest absolute Gasteiger partial charge is 0.494 e. The number of halogens is 2. The Balaban J connectivity index is 1.72. The molecule has 1 saturated heterocycles. The van der Waals surface area contributed by atoms with Crippen LogP contribution in [0, 0.1) is 0 Å². The second-order valence-corrected chi connectivity index (χ2v) is 9.98. The normalized spacial score (nSPS) is 16.2. The zero-order chi connectivity index (χ0) is 23.1. The molecule has 0 unspecified atom stereocenters. The zero-order valence-electron chi connectivity index (χ0n) is 17.7. The number of rotatable bonds is 10. The van der Waals surface area contributed by atoms with E-state index in [9.17, 15) is 13.2 Å². The third-order valence-electron chi connectivity index (χ3n) is 4.96. The number of unbranched alkanes of at least 4 members (excludes halogenated alkanes) is 1. The first-order valence-corrected chi connectivity index (χ1v) is 12.7. The van der Waals surface area contributed by atoms with Crippen molar-refractivity contribution >= 4 is 44.8 Å². The maximum Gasteiger partial charge on any atom is 0.257 e. The SMILES string of the molecule is CCCCOc1ccc(NC(=O)c2cc(S(=O)(=O)NC[C@@H]3CCCO3)c(Cl)cc2Cl)cc1. The van der Waals surface area contributed by atoms with Crippen LogP contribution in [0.3, 0.4) is 0 Å². The molecule has 7 nitrogen and oxygen atoms in total. The molecule has 174 valence electrons. The van der Waals surface area contributed by atoms with Crippen LogP contribution in [-0.4, -0.2) is 40.2 Å². The predicted octanol–water partition coefficient (Wildman–Crippen LogP) is 4.88. The molecule has 2 N–H and O–H groups in total. The van der Waals surface area contributed by atoms with Gasteiger partial charge in [-0.2, -0.15) is 0 Å². The van der Waals surface area contributed by atoms with E-state index in [1.807, 2.05) is 0 Å². The number of carbonyl (C=O) groups excluding carboxylic acids is 1. The maximum atomic E-state index is 12.8. The van der Waals surface area contributed by atoms with Crippen LogP contribution in [0.15, 0.2) is 41.3 Å². The van der Waals surface area contributed by atoms with Gasteiger partial charge in [-0.05, 0) is 55.7 Å². The van der Waals surface area contributed by atoms with Gasteiger partial charge in [0, 0.05) is 18.8 Å². The predicted molar refractivity (Wildman–Crippen MR) is 125 cm³/mol. The van der Waals surface area contributed by atoms with E-state index in [0.29, 0.717) is 24.7 Å². The van der Waals surface area contributed by atoms with E-state index >= 15 is 0 Å². The summed E-state index contributed by atoms with van der Waals surface area (Å²) in [6, 6.07) is 9.33. The molecule has 0 radical (unpaired) electrons. The van der Waals surface area contributed by atoms with Gasteiger partial charge >= 0.3 is 0 Å². The fourth-order valence-electron chi connectivity index (χ4n) is 3.16. The lowest BCUT2D eigenvalue weighted by Gasteiger charge is -2.14. The molecular weight excluding hydrogens is 475 g/mol. The standard InChI is InChI=1S/C22H26Cl2N2O5S/c1-2-3-10-30-16-8-6-15(7-9-16)26-22(27)18-12-21(20(24)13-19(18)23)32(28,29)25-14-17-5-4-11-31-17/h6-9,12-13,17,25H,2-5,10-11,14H2,1H3,(H,26,27)/t17-/m0/s1. The quantitative estimate of drug-likeness (QED) is 0.453. The second kappa shape index (κ2) is 11.3. The highest BCUT2D eigenvalue weighted by Crippen LogP contribution is 2.29. The lowest BCUT2D eigenvalue weighted by molar-refractivity contribution is 0.102. The Hall–Kier alpha value is -1.84. The minimum absolute atomic E-state index is 0.00293. The number of ether oxygens (including phenoxy) is 2. The van der Waals surface area contributed by atoms with E-state index in [1.54, 1.807) is 24.3 Å². The first-order valence-electron chi connectivity index (χ1n) is 10.4. The number of anilines is 1. The van der Waals surface area contributed by atoms with Crippen molar-refractivity contribution in [3.8, 4) is 5.75 Å². The molecular formula is C22H26Cl2N2O5S. The molecule has 1 fully saturated rings. The molecule has 10 heteroatoms. The van der Waals surface area contributed by atoms with Gasteiger partial charge in [0.25, 0.3) is 5.91 Å². The molecule has 1 heterocycles. The topological polar surface area (TPSA) is 93.7 Å². The van der Waals surface area contributed by atoms with Crippen LogP contribution in [0.1, 0.15) is 43.0 Å². The molecule has 32 heavy (non-hydrogen) atoms. The monoisotopic (exact) mass is 500 g/mol. The molecule has 3 rings (SSSR count). The fourth-order valence-corrected chi connectivity index (χ4v) is 5.09. The lowest BCUT2D eigenvalue weighted by atomic mass is 10.2. The van der Waals surface area contributed by atoms with Crippen LogP contribution < -0.4 is 14.8 Å². The molecule has 2 aromatic rings. The summed E-state index contributed by atoms with van der Waals surface area (Å²) in [4.78, 5) is 12.6. The fraction of sp³-hybridized carbons (Fsp3) is 0.409. The Morgan fingerprint density at radius 2 is 1.94 bits per heavy atom. The molecule has 1 atom stereocenters. The van der Waals surface area contributed by atoms with E-state index in [1.165, 1.54) is 12.1 Å². The van der Waals surface area contributed by atoms with Gasteiger partial charge < -0.3 is 14.8 Å². The highest BCUT2D eigenvalue weighted by Gasteiger charge is 2.25. The number of carbonyl (C=O) groups is 1. The van der Waals surface area contributed by atoms with Crippen molar-refractivity contribution in [3.05, 3.63) is 52.0 Å². The minimum atomic E-state index is -3.96. The summed E-state index contributed by atoms with van der Waals surface area (Å²) in [7, 11) is -3.96. The molecule has 1 aliphatic heterocycles. The van der Waals surface area contributed by atoms with Crippen LogP contribution in [0.5, 0.6) is 5.75 Å². The number of sulfonamides is 1. The van der Waals surface area contributed by atoms with Crippen molar-refractivity contribution < 1.29 is 22.7 Å². The van der Waals surface area contributed by atoms with Gasteiger partial charge in [0.05, 0.1) is 28.3 Å². The minimum Gasteiger partial charge on any atom is -0.494 e. The molecule has 0 aromatic heterocycles. The Morgan fingerprint density at radius 1 is 1.19 bits per heavy atom. The van der Waals surface area contributed by atoms with Crippen molar-refractivity contribution in [1.29, 1.82) is 0 Å². The Bertz CT molecular complexity index is 1040. The van der Waals surface area contributed by atoms with Gasteiger partial charge in [-0.3, -0.25) is 4.79 Å². The number of benzene rings is 2. The summed E-state index contributed by atoms with van der Waals surface area (Å²) < 4.78 is 39.1. The molecule has 1 aliphatic rings. The summed E-state index contributed by atoms with van der Waals surface area (Å²) >= 11 is 12.3. The number of hydrogen-bond donors (Lipinski definition) is 2. The first-order chi connectivity index (χ1) is 15.3. The number of amides is 1. The van der Waals surface area contributed by atoms with Crippen LogP contribution in [0.4, 0.5) is 5.69 Å². The van der Waals surface area contributed by atoms with E-state index in [0.717, 1.165) is 25.7 Å². The first kappa shape index (κ1) is 24.8. The summed E-state index contributed by atoms with van der Waals surface area (Å²) in [6.07, 6.45) is 3.50. The lowest BCUT2D eigenvalue weighted by Crippen LogP contribution is -2.32. The summed E-state index contributed by atoms with van der Waals surface area (Å²) in [5, 5.41) is 2.69. The highest BCUT2D eigenvalue weighted by atomic mass is 35.5. The number of nitrogens with one attached hydrogen (secondary N) is 2. The summed E-state index contributed by atoms with van der Waals surface area (Å²) in [6.45, 7) is 3.46. The molecule has 0 saturated carbocycles. The van der Waals surface area contributed by atoms with Gasteiger partial charge in [0.2, 0.25) is 10.0 Å². The molecule has 1 amide bonds.